The number of nitrogens with one attached hydrogen (secondary N) is 1. The lowest BCUT2D eigenvalue weighted by molar-refractivity contribution is 0.193. The smallest absolute Gasteiger partial charge is 0.141 e. The van der Waals surface area contributed by atoms with Crippen LogP contribution in [0.25, 0.3) is 0 Å². The van der Waals surface area contributed by atoms with Gasteiger partial charge in [0.05, 0.1) is 6.20 Å². The van der Waals surface area contributed by atoms with Gasteiger partial charge in [-0.3, -0.25) is 4.98 Å². The topological polar surface area (TPSA) is 34.1 Å². The lowest BCUT2D eigenvalue weighted by atomic mass is 10.1. The lowest BCUT2D eigenvalue weighted by Gasteiger charge is -2.21. The fraction of sp³-hybridized carbons (Fsp3) is 0.353. The molecular formula is C17H22N2O. The Morgan fingerprint density at radius 2 is 1.90 bits per heavy atom. The van der Waals surface area contributed by atoms with Gasteiger partial charge in [-0.05, 0) is 44.1 Å². The third kappa shape index (κ3) is 3.58. The summed E-state index contributed by atoms with van der Waals surface area (Å²) < 4.78 is 6.21. The minimum absolute atomic E-state index is 0.0472. The normalized spacial score (nSPS) is 12.2. The average molecular weight is 270 g/mol. The molecule has 0 fully saturated rings. The molecule has 0 radical (unpaired) electrons. The third-order valence-electron chi connectivity index (χ3n) is 3.52. The van der Waals surface area contributed by atoms with Crippen molar-refractivity contribution in [2.45, 2.75) is 26.4 Å². The summed E-state index contributed by atoms with van der Waals surface area (Å²) in [6.45, 7) is 5.05. The van der Waals surface area contributed by atoms with E-state index in [1.807, 2.05) is 31.4 Å². The third-order valence-corrected chi connectivity index (χ3v) is 3.52. The highest BCUT2D eigenvalue weighted by Gasteiger charge is 2.14. The van der Waals surface area contributed by atoms with E-state index < -0.39 is 0 Å². The van der Waals surface area contributed by atoms with Crippen molar-refractivity contribution in [2.75, 3.05) is 13.6 Å². The zero-order chi connectivity index (χ0) is 14.4. The molecule has 0 bridgehead atoms. The second-order valence-corrected chi connectivity index (χ2v) is 4.99. The minimum atomic E-state index is 0.0472. The molecule has 0 amide bonds. The molecule has 3 heteroatoms. The van der Waals surface area contributed by atoms with Crippen LogP contribution in [0.3, 0.4) is 0 Å². The minimum Gasteiger partial charge on any atom is -0.484 e. The highest BCUT2D eigenvalue weighted by molar-refractivity contribution is 5.35. The fourth-order valence-corrected chi connectivity index (χ4v) is 2.11. The molecule has 1 N–H and O–H groups in total. The molecular weight excluding hydrogens is 248 g/mol. The quantitative estimate of drug-likeness (QED) is 0.873. The maximum Gasteiger partial charge on any atom is 0.141 e. The Morgan fingerprint density at radius 1 is 1.15 bits per heavy atom. The lowest BCUT2D eigenvalue weighted by Crippen LogP contribution is -2.16. The first-order chi connectivity index (χ1) is 9.72. The van der Waals surface area contributed by atoms with Gasteiger partial charge in [0, 0.05) is 12.6 Å². The van der Waals surface area contributed by atoms with E-state index >= 15 is 0 Å². The van der Waals surface area contributed by atoms with Crippen LogP contribution in [0.4, 0.5) is 0 Å². The summed E-state index contributed by atoms with van der Waals surface area (Å²) in [6.07, 6.45) is 4.64. The first kappa shape index (κ1) is 14.5. The highest BCUT2D eigenvalue weighted by Crippen LogP contribution is 2.27. The molecule has 1 unspecified atom stereocenters. The first-order valence-electron chi connectivity index (χ1n) is 6.99. The van der Waals surface area contributed by atoms with E-state index in [1.54, 1.807) is 6.20 Å². The van der Waals surface area contributed by atoms with Crippen LogP contribution in [0.1, 0.15) is 29.2 Å². The van der Waals surface area contributed by atoms with E-state index in [2.05, 4.69) is 36.3 Å². The Kier molecular flexibility index (Phi) is 5.13. The number of hydrogen-bond acceptors (Lipinski definition) is 3. The maximum absolute atomic E-state index is 6.21. The Balaban J connectivity index is 2.21. The largest absolute Gasteiger partial charge is 0.484 e. The molecule has 2 rings (SSSR count). The van der Waals surface area contributed by atoms with E-state index in [9.17, 15) is 0 Å². The van der Waals surface area contributed by atoms with Gasteiger partial charge in [-0.15, -0.1) is 0 Å². The molecule has 1 atom stereocenters. The van der Waals surface area contributed by atoms with Crippen LogP contribution >= 0.6 is 0 Å². The molecule has 1 aromatic carbocycles. The van der Waals surface area contributed by atoms with Crippen molar-refractivity contribution in [3.63, 3.8) is 0 Å². The van der Waals surface area contributed by atoms with Crippen molar-refractivity contribution in [3.8, 4) is 5.75 Å². The second kappa shape index (κ2) is 7.06. The van der Waals surface area contributed by atoms with Crippen LogP contribution in [0.5, 0.6) is 5.75 Å². The Hall–Kier alpha value is -1.87. The van der Waals surface area contributed by atoms with Gasteiger partial charge in [-0.25, -0.2) is 0 Å². The summed E-state index contributed by atoms with van der Waals surface area (Å²) in [5.41, 5.74) is 3.51. The number of aryl methyl sites for hydroxylation is 1. The van der Waals surface area contributed by atoms with Gasteiger partial charge in [-0.1, -0.05) is 30.3 Å². The van der Waals surface area contributed by atoms with Crippen LogP contribution in [0.2, 0.25) is 0 Å². The molecule has 106 valence electrons. The van der Waals surface area contributed by atoms with Crippen molar-refractivity contribution >= 4 is 0 Å². The van der Waals surface area contributed by atoms with Crippen LogP contribution in [-0.4, -0.2) is 18.6 Å². The average Bonchev–Trinajstić information content (AvgIpc) is 2.48. The summed E-state index contributed by atoms with van der Waals surface area (Å²) in [5, 5.41) is 3.18. The maximum atomic E-state index is 6.21. The number of nitrogens with zero attached hydrogens (tertiary/aromatic N) is 1. The summed E-state index contributed by atoms with van der Waals surface area (Å²) in [6, 6.07) is 10.3. The van der Waals surface area contributed by atoms with Crippen LogP contribution in [0.15, 0.2) is 42.7 Å². The summed E-state index contributed by atoms with van der Waals surface area (Å²) in [4.78, 5) is 4.23. The zero-order valence-corrected chi connectivity index (χ0v) is 12.4. The van der Waals surface area contributed by atoms with Gasteiger partial charge in [0.2, 0.25) is 0 Å². The van der Waals surface area contributed by atoms with Crippen LogP contribution in [-0.2, 0) is 0 Å². The van der Waals surface area contributed by atoms with E-state index in [-0.39, 0.29) is 6.10 Å². The molecule has 0 aliphatic carbocycles. The molecule has 20 heavy (non-hydrogen) atoms. The molecule has 0 aliphatic heterocycles. The molecule has 3 nitrogen and oxygen atoms in total. The summed E-state index contributed by atoms with van der Waals surface area (Å²) >= 11 is 0. The van der Waals surface area contributed by atoms with E-state index in [1.165, 1.54) is 5.56 Å². The van der Waals surface area contributed by atoms with Crippen molar-refractivity contribution in [1.29, 1.82) is 0 Å². The van der Waals surface area contributed by atoms with Crippen molar-refractivity contribution < 1.29 is 4.74 Å². The number of benzene rings is 1. The van der Waals surface area contributed by atoms with Gasteiger partial charge >= 0.3 is 0 Å². The number of hydrogen-bond donors (Lipinski definition) is 1. The SMILES string of the molecule is CNCCC(Oc1cncc(C)c1C)c1ccccc1. The van der Waals surface area contributed by atoms with Crippen molar-refractivity contribution in [3.05, 3.63) is 59.4 Å². The monoisotopic (exact) mass is 270 g/mol. The Labute approximate surface area is 121 Å². The highest BCUT2D eigenvalue weighted by atomic mass is 16.5. The summed E-state index contributed by atoms with van der Waals surface area (Å²) in [7, 11) is 1.96. The fourth-order valence-electron chi connectivity index (χ4n) is 2.11. The molecule has 0 aliphatic rings. The molecule has 1 heterocycles. The molecule has 1 aromatic heterocycles. The van der Waals surface area contributed by atoms with Gasteiger partial charge in [-0.2, -0.15) is 0 Å². The van der Waals surface area contributed by atoms with Gasteiger partial charge in [0.25, 0.3) is 0 Å². The Morgan fingerprint density at radius 3 is 2.60 bits per heavy atom. The molecule has 0 saturated heterocycles. The molecule has 0 saturated carbocycles. The number of ether oxygens (including phenoxy) is 1. The van der Waals surface area contributed by atoms with E-state index in [0.29, 0.717) is 0 Å². The van der Waals surface area contributed by atoms with E-state index in [0.717, 1.165) is 29.8 Å². The predicted octanol–water partition coefficient (Wildman–Crippen LogP) is 3.43. The molecule has 0 spiro atoms. The number of rotatable bonds is 6. The van der Waals surface area contributed by atoms with Crippen molar-refractivity contribution in [2.24, 2.45) is 0 Å². The van der Waals surface area contributed by atoms with Crippen molar-refractivity contribution in [1.82, 2.24) is 10.3 Å². The predicted molar refractivity (Wildman–Crippen MR) is 82.1 cm³/mol. The van der Waals surface area contributed by atoms with E-state index in [4.69, 9.17) is 4.74 Å². The summed E-state index contributed by atoms with van der Waals surface area (Å²) in [5.74, 6) is 0.870. The number of pyridine rings is 1. The van der Waals surface area contributed by atoms with Crippen LogP contribution < -0.4 is 10.1 Å². The van der Waals surface area contributed by atoms with Gasteiger partial charge < -0.3 is 10.1 Å². The van der Waals surface area contributed by atoms with Crippen LogP contribution in [0, 0.1) is 13.8 Å². The zero-order valence-electron chi connectivity index (χ0n) is 12.4. The first-order valence-corrected chi connectivity index (χ1v) is 6.99. The van der Waals surface area contributed by atoms with Gasteiger partial charge in [0.1, 0.15) is 11.9 Å². The standard InChI is InChI=1S/C17H22N2O/c1-13-11-19-12-17(14(13)2)20-16(9-10-18-3)15-7-5-4-6-8-15/h4-8,11-12,16,18H,9-10H2,1-3H3. The van der Waals surface area contributed by atoms with Gasteiger partial charge in [0.15, 0.2) is 0 Å². The Bertz CT molecular complexity index is 540. The number of aromatic nitrogens is 1. The molecule has 2 aromatic rings. The second-order valence-electron chi connectivity index (χ2n) is 4.99.